The molecule has 0 fully saturated rings. The van der Waals surface area contributed by atoms with Crippen molar-refractivity contribution < 1.29 is 9.53 Å². The lowest BCUT2D eigenvalue weighted by molar-refractivity contribution is 0.101. The van der Waals surface area contributed by atoms with E-state index in [1.807, 2.05) is 60.0 Å². The number of aromatic nitrogens is 4. The van der Waals surface area contributed by atoms with Gasteiger partial charge in [0, 0.05) is 11.6 Å². The summed E-state index contributed by atoms with van der Waals surface area (Å²) in [6.45, 7) is 0. The fourth-order valence-corrected chi connectivity index (χ4v) is 4.02. The summed E-state index contributed by atoms with van der Waals surface area (Å²) in [4.78, 5) is 22.9. The Morgan fingerprint density at radius 1 is 1.03 bits per heavy atom. The highest BCUT2D eigenvalue weighted by atomic mass is 32.1. The smallest absolute Gasteiger partial charge is 0.295 e. The van der Waals surface area contributed by atoms with Crippen molar-refractivity contribution >= 4 is 33.8 Å². The molecule has 31 heavy (non-hydrogen) atoms. The van der Waals surface area contributed by atoms with Gasteiger partial charge in [-0.2, -0.15) is 0 Å². The maximum absolute atomic E-state index is 13.1. The van der Waals surface area contributed by atoms with E-state index >= 15 is 0 Å². The molecule has 0 atom stereocenters. The molecule has 3 heterocycles. The molecule has 152 valence electrons. The zero-order valence-corrected chi connectivity index (χ0v) is 17.3. The summed E-state index contributed by atoms with van der Waals surface area (Å²) in [5.74, 6) is 0.940. The Morgan fingerprint density at radius 2 is 1.90 bits per heavy atom. The fraction of sp³-hybridized carbons (Fsp3) is 0.0435. The van der Waals surface area contributed by atoms with Crippen LogP contribution in [0.4, 0.5) is 5.69 Å². The third-order valence-corrected chi connectivity index (χ3v) is 5.62. The van der Waals surface area contributed by atoms with Crippen LogP contribution in [0.15, 0.2) is 78.3 Å². The SMILES string of the molecule is COc1ccc(NC(=O)c2nc(-c3cccs3)n(-c3ccccc3)n2)c2cccnc12. The molecular weight excluding hydrogens is 410 g/mol. The molecular formula is C23H17N5O2S. The molecule has 0 aliphatic rings. The maximum atomic E-state index is 13.1. The highest BCUT2D eigenvalue weighted by Crippen LogP contribution is 2.30. The van der Waals surface area contributed by atoms with Crippen LogP contribution >= 0.6 is 11.3 Å². The van der Waals surface area contributed by atoms with Crippen LogP contribution in [0.1, 0.15) is 10.6 Å². The van der Waals surface area contributed by atoms with E-state index in [0.717, 1.165) is 16.0 Å². The Kier molecular flexibility index (Phi) is 4.89. The summed E-state index contributed by atoms with van der Waals surface area (Å²) in [7, 11) is 1.59. The molecule has 5 rings (SSSR count). The summed E-state index contributed by atoms with van der Waals surface area (Å²) < 4.78 is 7.07. The number of benzene rings is 2. The first-order valence-electron chi connectivity index (χ1n) is 9.54. The van der Waals surface area contributed by atoms with E-state index in [0.29, 0.717) is 22.8 Å². The number of amides is 1. The number of para-hydroxylation sites is 1. The van der Waals surface area contributed by atoms with Gasteiger partial charge in [0.1, 0.15) is 11.3 Å². The third kappa shape index (κ3) is 3.53. The van der Waals surface area contributed by atoms with Crippen LogP contribution in [0.25, 0.3) is 27.3 Å². The minimum Gasteiger partial charge on any atom is -0.494 e. The number of hydrogen-bond donors (Lipinski definition) is 1. The molecule has 0 aliphatic heterocycles. The Hall–Kier alpha value is -4.04. The molecule has 1 N–H and O–H groups in total. The number of anilines is 1. The van der Waals surface area contributed by atoms with E-state index in [9.17, 15) is 4.79 Å². The molecule has 0 aliphatic carbocycles. The summed E-state index contributed by atoms with van der Waals surface area (Å²) >= 11 is 1.54. The number of carbonyl (C=O) groups excluding carboxylic acids is 1. The normalized spacial score (nSPS) is 10.9. The first-order valence-corrected chi connectivity index (χ1v) is 10.4. The van der Waals surface area contributed by atoms with E-state index in [1.165, 1.54) is 0 Å². The molecule has 5 aromatic rings. The molecule has 0 bridgehead atoms. The lowest BCUT2D eigenvalue weighted by atomic mass is 10.1. The molecule has 2 aromatic carbocycles. The Balaban J connectivity index is 1.54. The lowest BCUT2D eigenvalue weighted by Crippen LogP contribution is -2.14. The molecule has 7 nitrogen and oxygen atoms in total. The van der Waals surface area contributed by atoms with E-state index in [-0.39, 0.29) is 5.82 Å². The summed E-state index contributed by atoms with van der Waals surface area (Å²) in [5, 5.41) is 10.2. The second kappa shape index (κ2) is 8.00. The number of fused-ring (bicyclic) bond motifs is 1. The van der Waals surface area contributed by atoms with Gasteiger partial charge in [-0.15, -0.1) is 16.4 Å². The van der Waals surface area contributed by atoms with Crippen molar-refractivity contribution in [3.63, 3.8) is 0 Å². The van der Waals surface area contributed by atoms with Gasteiger partial charge in [-0.25, -0.2) is 9.67 Å². The molecule has 1 amide bonds. The highest BCUT2D eigenvalue weighted by Gasteiger charge is 2.20. The number of carbonyl (C=O) groups is 1. The number of nitrogens with zero attached hydrogens (tertiary/aromatic N) is 4. The average molecular weight is 427 g/mol. The van der Waals surface area contributed by atoms with E-state index in [2.05, 4.69) is 20.4 Å². The first-order chi connectivity index (χ1) is 15.2. The van der Waals surface area contributed by atoms with Crippen molar-refractivity contribution in [1.29, 1.82) is 0 Å². The van der Waals surface area contributed by atoms with Gasteiger partial charge in [0.2, 0.25) is 5.82 Å². The summed E-state index contributed by atoms with van der Waals surface area (Å²) in [6.07, 6.45) is 1.69. The number of methoxy groups -OCH3 is 1. The van der Waals surface area contributed by atoms with E-state index in [4.69, 9.17) is 4.74 Å². The average Bonchev–Trinajstić information content (AvgIpc) is 3.50. The van der Waals surface area contributed by atoms with Gasteiger partial charge in [-0.05, 0) is 47.8 Å². The Bertz CT molecular complexity index is 1360. The molecule has 0 saturated carbocycles. The van der Waals surface area contributed by atoms with Crippen LogP contribution in [-0.4, -0.2) is 32.8 Å². The van der Waals surface area contributed by atoms with Crippen molar-refractivity contribution in [1.82, 2.24) is 19.7 Å². The lowest BCUT2D eigenvalue weighted by Gasteiger charge is -2.09. The van der Waals surface area contributed by atoms with E-state index < -0.39 is 5.91 Å². The summed E-state index contributed by atoms with van der Waals surface area (Å²) in [5.41, 5.74) is 2.11. The largest absolute Gasteiger partial charge is 0.494 e. The minimum absolute atomic E-state index is 0.0834. The molecule has 8 heteroatoms. The quantitative estimate of drug-likeness (QED) is 0.435. The number of hydrogen-bond acceptors (Lipinski definition) is 6. The topological polar surface area (TPSA) is 81.9 Å². The van der Waals surface area contributed by atoms with Crippen molar-refractivity contribution in [2.24, 2.45) is 0 Å². The van der Waals surface area contributed by atoms with E-state index in [1.54, 1.807) is 41.5 Å². The van der Waals surface area contributed by atoms with Crippen molar-refractivity contribution in [2.45, 2.75) is 0 Å². The number of pyridine rings is 1. The van der Waals surface area contributed by atoms with Gasteiger partial charge in [-0.3, -0.25) is 9.78 Å². The van der Waals surface area contributed by atoms with Gasteiger partial charge in [-0.1, -0.05) is 24.3 Å². The predicted molar refractivity (Wildman–Crippen MR) is 121 cm³/mol. The third-order valence-electron chi connectivity index (χ3n) is 4.75. The number of nitrogens with one attached hydrogen (secondary N) is 1. The predicted octanol–water partition coefficient (Wildman–Crippen LogP) is 4.80. The number of rotatable bonds is 5. The van der Waals surface area contributed by atoms with Gasteiger partial charge in [0.25, 0.3) is 5.91 Å². The first kappa shape index (κ1) is 19.0. The van der Waals surface area contributed by atoms with Gasteiger partial charge >= 0.3 is 0 Å². The van der Waals surface area contributed by atoms with Crippen molar-refractivity contribution in [3.8, 4) is 22.1 Å². The highest BCUT2D eigenvalue weighted by molar-refractivity contribution is 7.13. The van der Waals surface area contributed by atoms with Crippen LogP contribution in [0, 0.1) is 0 Å². The van der Waals surface area contributed by atoms with Gasteiger partial charge in [0.05, 0.1) is 23.4 Å². The Labute approximate surface area is 182 Å². The van der Waals surface area contributed by atoms with Gasteiger partial charge < -0.3 is 10.1 Å². The van der Waals surface area contributed by atoms with Crippen molar-refractivity contribution in [2.75, 3.05) is 12.4 Å². The number of ether oxygens (including phenoxy) is 1. The maximum Gasteiger partial charge on any atom is 0.295 e. The second-order valence-corrected chi connectivity index (χ2v) is 7.60. The Morgan fingerprint density at radius 3 is 2.68 bits per heavy atom. The molecule has 0 saturated heterocycles. The standard InChI is InChI=1S/C23H17N5O2S/c1-30-18-12-11-17(16-9-5-13-24-20(16)18)25-23(29)21-26-22(19-10-6-14-31-19)28(27-21)15-7-3-2-4-8-15/h2-14H,1H3,(H,25,29). The minimum atomic E-state index is -0.400. The van der Waals surface area contributed by atoms with Crippen LogP contribution < -0.4 is 10.1 Å². The van der Waals surface area contributed by atoms with Crippen molar-refractivity contribution in [3.05, 3.63) is 84.1 Å². The summed E-state index contributed by atoms with van der Waals surface area (Å²) in [6, 6.07) is 20.8. The number of thiophene rings is 1. The van der Waals surface area contributed by atoms with Crippen LogP contribution in [0.2, 0.25) is 0 Å². The zero-order valence-electron chi connectivity index (χ0n) is 16.5. The fourth-order valence-electron chi connectivity index (χ4n) is 3.32. The van der Waals surface area contributed by atoms with Gasteiger partial charge in [0.15, 0.2) is 5.82 Å². The molecule has 3 aromatic heterocycles. The van der Waals surface area contributed by atoms with Crippen LogP contribution in [0.3, 0.4) is 0 Å². The molecule has 0 unspecified atom stereocenters. The van der Waals surface area contributed by atoms with Crippen LogP contribution in [0.5, 0.6) is 5.75 Å². The molecule has 0 radical (unpaired) electrons. The molecule has 0 spiro atoms. The zero-order chi connectivity index (χ0) is 21.2. The van der Waals surface area contributed by atoms with Crippen LogP contribution in [-0.2, 0) is 0 Å². The monoisotopic (exact) mass is 427 g/mol. The second-order valence-electron chi connectivity index (χ2n) is 6.65.